The van der Waals surface area contributed by atoms with Gasteiger partial charge in [-0.1, -0.05) is 12.1 Å². The number of aliphatic imine (C=N–C) groups is 1. The predicted octanol–water partition coefficient (Wildman–Crippen LogP) is 1.86. The Kier molecular flexibility index (Phi) is 8.24. The molecule has 1 heterocycles. The number of nitrogens with zero attached hydrogens (tertiary/aromatic N) is 3. The van der Waals surface area contributed by atoms with Crippen LogP contribution in [0.15, 0.2) is 41.5 Å². The van der Waals surface area contributed by atoms with Gasteiger partial charge >= 0.3 is 0 Å². The third-order valence-corrected chi connectivity index (χ3v) is 3.29. The maximum absolute atomic E-state index is 11.1. The van der Waals surface area contributed by atoms with Crippen LogP contribution in [0.3, 0.4) is 0 Å². The highest BCUT2D eigenvalue weighted by atomic mass is 127. The molecule has 1 aromatic carbocycles. The molecule has 3 N–H and O–H groups in total. The Balaban J connectivity index is 0.00000288. The highest BCUT2D eigenvalue weighted by Crippen LogP contribution is 2.10. The van der Waals surface area contributed by atoms with Crippen molar-refractivity contribution in [3.63, 3.8) is 0 Å². The molecule has 2 rings (SSSR count). The summed E-state index contributed by atoms with van der Waals surface area (Å²) in [6.07, 6.45) is 1.76. The number of aromatic nitrogens is 2. The van der Waals surface area contributed by atoms with Gasteiger partial charge in [-0.05, 0) is 23.8 Å². The van der Waals surface area contributed by atoms with E-state index in [2.05, 4.69) is 26.0 Å². The number of carbonyl (C=O) groups is 1. The number of carbonyl (C=O) groups excluding carboxylic acids is 1. The van der Waals surface area contributed by atoms with Crippen molar-refractivity contribution in [3.05, 3.63) is 47.8 Å². The summed E-state index contributed by atoms with van der Waals surface area (Å²) in [6, 6.07) is 9.65. The molecule has 8 heteroatoms. The van der Waals surface area contributed by atoms with Crippen molar-refractivity contribution >= 4 is 41.5 Å². The molecule has 130 valence electrons. The number of halogens is 1. The zero-order chi connectivity index (χ0) is 16.7. The van der Waals surface area contributed by atoms with E-state index >= 15 is 0 Å². The van der Waals surface area contributed by atoms with E-state index in [4.69, 9.17) is 0 Å². The number of guanidine groups is 1. The summed E-state index contributed by atoms with van der Waals surface area (Å²) in [7, 11) is 3.63. The van der Waals surface area contributed by atoms with Crippen molar-refractivity contribution in [2.75, 3.05) is 12.4 Å². The Labute approximate surface area is 159 Å². The van der Waals surface area contributed by atoms with Crippen LogP contribution in [0, 0.1) is 0 Å². The van der Waals surface area contributed by atoms with Crippen LogP contribution in [0.4, 0.5) is 5.69 Å². The van der Waals surface area contributed by atoms with E-state index in [1.54, 1.807) is 13.2 Å². The monoisotopic (exact) mass is 442 g/mol. The van der Waals surface area contributed by atoms with E-state index in [1.165, 1.54) is 6.92 Å². The van der Waals surface area contributed by atoms with Crippen LogP contribution in [-0.2, 0) is 24.9 Å². The van der Waals surface area contributed by atoms with Gasteiger partial charge in [-0.2, -0.15) is 5.10 Å². The van der Waals surface area contributed by atoms with Crippen LogP contribution < -0.4 is 16.0 Å². The normalized spacial score (nSPS) is 10.7. The van der Waals surface area contributed by atoms with Gasteiger partial charge in [0, 0.05) is 39.4 Å². The smallest absolute Gasteiger partial charge is 0.221 e. The Morgan fingerprint density at radius 1 is 1.25 bits per heavy atom. The lowest BCUT2D eigenvalue weighted by Gasteiger charge is -2.12. The van der Waals surface area contributed by atoms with Crippen molar-refractivity contribution in [2.24, 2.45) is 12.0 Å². The van der Waals surface area contributed by atoms with E-state index in [0.29, 0.717) is 19.0 Å². The molecule has 0 radical (unpaired) electrons. The molecule has 0 aliphatic heterocycles. The summed E-state index contributed by atoms with van der Waals surface area (Å²) < 4.78 is 1.82. The molecule has 0 atom stereocenters. The predicted molar refractivity (Wildman–Crippen MR) is 106 cm³/mol. The van der Waals surface area contributed by atoms with Crippen molar-refractivity contribution in [1.82, 2.24) is 20.4 Å². The molecule has 0 unspecified atom stereocenters. The summed E-state index contributed by atoms with van der Waals surface area (Å²) in [6.45, 7) is 2.75. The Bertz CT molecular complexity index is 697. The zero-order valence-corrected chi connectivity index (χ0v) is 16.4. The maximum Gasteiger partial charge on any atom is 0.221 e. The van der Waals surface area contributed by atoms with Crippen molar-refractivity contribution in [2.45, 2.75) is 20.0 Å². The van der Waals surface area contributed by atoms with Gasteiger partial charge in [-0.15, -0.1) is 24.0 Å². The lowest BCUT2D eigenvalue weighted by molar-refractivity contribution is -0.114. The SMILES string of the molecule is CN=C(NCc1cccc(NC(C)=O)c1)NCc1ccnn1C.I. The summed E-state index contributed by atoms with van der Waals surface area (Å²) >= 11 is 0. The Hall–Kier alpha value is -2.10. The first-order valence-electron chi connectivity index (χ1n) is 7.36. The third kappa shape index (κ3) is 6.19. The van der Waals surface area contributed by atoms with Crippen LogP contribution in [0.2, 0.25) is 0 Å². The summed E-state index contributed by atoms with van der Waals surface area (Å²) in [5, 5.41) is 13.4. The fourth-order valence-electron chi connectivity index (χ4n) is 2.12. The van der Waals surface area contributed by atoms with Gasteiger partial charge in [0.05, 0.1) is 12.2 Å². The van der Waals surface area contributed by atoms with Gasteiger partial charge in [0.2, 0.25) is 5.91 Å². The first-order chi connectivity index (χ1) is 11.1. The molecule has 1 amide bonds. The van der Waals surface area contributed by atoms with E-state index in [9.17, 15) is 4.79 Å². The Morgan fingerprint density at radius 3 is 2.62 bits per heavy atom. The lowest BCUT2D eigenvalue weighted by atomic mass is 10.2. The molecule has 0 aliphatic carbocycles. The van der Waals surface area contributed by atoms with Crippen LogP contribution in [0.1, 0.15) is 18.2 Å². The lowest BCUT2D eigenvalue weighted by Crippen LogP contribution is -2.36. The van der Waals surface area contributed by atoms with Gasteiger partial charge in [-0.3, -0.25) is 14.5 Å². The molecule has 0 fully saturated rings. The molecule has 0 saturated heterocycles. The quantitative estimate of drug-likeness (QED) is 0.375. The average molecular weight is 442 g/mol. The first-order valence-corrected chi connectivity index (χ1v) is 7.36. The number of benzene rings is 1. The van der Waals surface area contributed by atoms with E-state index in [1.807, 2.05) is 42.1 Å². The Morgan fingerprint density at radius 2 is 2.00 bits per heavy atom. The standard InChI is InChI=1S/C16H22N6O.HI/c1-12(23)21-14-6-4-5-13(9-14)10-18-16(17-2)19-11-15-7-8-20-22(15)3;/h4-9H,10-11H2,1-3H3,(H,21,23)(H2,17,18,19);1H. The van der Waals surface area contributed by atoms with E-state index in [0.717, 1.165) is 16.9 Å². The molecule has 0 aliphatic rings. The van der Waals surface area contributed by atoms with Crippen LogP contribution in [-0.4, -0.2) is 28.7 Å². The molecule has 0 saturated carbocycles. The highest BCUT2D eigenvalue weighted by molar-refractivity contribution is 14.0. The fraction of sp³-hybridized carbons (Fsp3) is 0.312. The molecule has 1 aromatic heterocycles. The topological polar surface area (TPSA) is 83.3 Å². The van der Waals surface area contributed by atoms with Crippen LogP contribution in [0.5, 0.6) is 0 Å². The number of amides is 1. The molecule has 2 aromatic rings. The van der Waals surface area contributed by atoms with Gasteiger partial charge < -0.3 is 16.0 Å². The molecule has 24 heavy (non-hydrogen) atoms. The number of hydrogen-bond donors (Lipinski definition) is 3. The minimum Gasteiger partial charge on any atom is -0.352 e. The van der Waals surface area contributed by atoms with Gasteiger partial charge in [0.15, 0.2) is 5.96 Å². The van der Waals surface area contributed by atoms with Crippen LogP contribution >= 0.6 is 24.0 Å². The fourth-order valence-corrected chi connectivity index (χ4v) is 2.12. The molecule has 0 spiro atoms. The summed E-state index contributed by atoms with van der Waals surface area (Å²) in [5.74, 6) is 0.625. The third-order valence-electron chi connectivity index (χ3n) is 3.29. The largest absolute Gasteiger partial charge is 0.352 e. The van der Waals surface area contributed by atoms with Crippen molar-refractivity contribution < 1.29 is 4.79 Å². The second kappa shape index (κ2) is 9.91. The second-order valence-electron chi connectivity index (χ2n) is 5.11. The molecule has 0 bridgehead atoms. The van der Waals surface area contributed by atoms with Gasteiger partial charge in [-0.25, -0.2) is 0 Å². The minimum atomic E-state index is -0.0798. The average Bonchev–Trinajstić information content (AvgIpc) is 2.92. The molecule has 7 nitrogen and oxygen atoms in total. The van der Waals surface area contributed by atoms with Gasteiger partial charge in [0.25, 0.3) is 0 Å². The number of nitrogens with one attached hydrogen (secondary N) is 3. The molecular formula is C16H23IN6O. The highest BCUT2D eigenvalue weighted by Gasteiger charge is 2.02. The minimum absolute atomic E-state index is 0. The maximum atomic E-state index is 11.1. The van der Waals surface area contributed by atoms with Crippen LogP contribution in [0.25, 0.3) is 0 Å². The zero-order valence-electron chi connectivity index (χ0n) is 14.0. The number of aryl methyl sites for hydroxylation is 1. The summed E-state index contributed by atoms with van der Waals surface area (Å²) in [5.41, 5.74) is 2.91. The summed E-state index contributed by atoms with van der Waals surface area (Å²) in [4.78, 5) is 15.3. The van der Waals surface area contributed by atoms with Crippen molar-refractivity contribution in [3.8, 4) is 0 Å². The molecular weight excluding hydrogens is 419 g/mol. The first kappa shape index (κ1) is 19.9. The van der Waals surface area contributed by atoms with Gasteiger partial charge in [0.1, 0.15) is 0 Å². The number of rotatable bonds is 5. The van der Waals surface area contributed by atoms with E-state index < -0.39 is 0 Å². The number of hydrogen-bond acceptors (Lipinski definition) is 3. The second-order valence-corrected chi connectivity index (χ2v) is 5.11. The number of anilines is 1. The van der Waals surface area contributed by atoms with Crippen molar-refractivity contribution in [1.29, 1.82) is 0 Å². The van der Waals surface area contributed by atoms with E-state index in [-0.39, 0.29) is 29.9 Å².